The first-order valence-corrected chi connectivity index (χ1v) is 8.17. The molecule has 126 valence electrons. The van der Waals surface area contributed by atoms with E-state index < -0.39 is 0 Å². The molecule has 2 aromatic rings. The van der Waals surface area contributed by atoms with Gasteiger partial charge in [-0.1, -0.05) is 42.0 Å². The molecular weight excluding hydrogens is 308 g/mol. The number of hydrogen-bond donors (Lipinski definition) is 0. The summed E-state index contributed by atoms with van der Waals surface area (Å²) in [5, 5.41) is 8.86. The van der Waals surface area contributed by atoms with Gasteiger partial charge in [-0.15, -0.1) is 6.58 Å². The zero-order chi connectivity index (χ0) is 18.2. The molecule has 0 saturated carbocycles. The number of hydrogen-bond acceptors (Lipinski definition) is 2. The Bertz CT molecular complexity index is 826. The van der Waals surface area contributed by atoms with Gasteiger partial charge in [0, 0.05) is 19.2 Å². The summed E-state index contributed by atoms with van der Waals surface area (Å²) >= 11 is 0. The van der Waals surface area contributed by atoms with Crippen LogP contribution >= 0.6 is 0 Å². The number of aryl methyl sites for hydroxylation is 2. The quantitative estimate of drug-likeness (QED) is 0.582. The van der Waals surface area contributed by atoms with Gasteiger partial charge in [-0.25, -0.2) is 0 Å². The molecule has 0 saturated heterocycles. The molecule has 0 aliphatic rings. The fraction of sp³-hybridized carbons (Fsp3) is 0.182. The van der Waals surface area contributed by atoms with Crippen molar-refractivity contribution < 1.29 is 4.79 Å². The van der Waals surface area contributed by atoms with Gasteiger partial charge in [0.2, 0.25) is 5.91 Å². The lowest BCUT2D eigenvalue weighted by molar-refractivity contribution is -0.126. The van der Waals surface area contributed by atoms with Gasteiger partial charge in [-0.05, 0) is 48.7 Å². The number of amides is 1. The molecule has 0 fully saturated rings. The number of carbonyl (C=O) groups excluding carboxylic acids is 1. The Morgan fingerprint density at radius 2 is 1.92 bits per heavy atom. The lowest BCUT2D eigenvalue weighted by Crippen LogP contribution is -2.29. The molecule has 0 bridgehead atoms. The molecule has 0 aromatic heterocycles. The zero-order valence-electron chi connectivity index (χ0n) is 14.7. The van der Waals surface area contributed by atoms with E-state index in [4.69, 9.17) is 5.26 Å². The molecule has 0 atom stereocenters. The summed E-state index contributed by atoms with van der Waals surface area (Å²) in [7, 11) is 0. The highest BCUT2D eigenvalue weighted by Gasteiger charge is 2.10. The van der Waals surface area contributed by atoms with Crippen LogP contribution < -0.4 is 0 Å². The Morgan fingerprint density at radius 1 is 1.20 bits per heavy atom. The van der Waals surface area contributed by atoms with Crippen molar-refractivity contribution in [1.29, 1.82) is 5.26 Å². The van der Waals surface area contributed by atoms with Crippen molar-refractivity contribution in [2.24, 2.45) is 0 Å². The summed E-state index contributed by atoms with van der Waals surface area (Å²) < 4.78 is 0. The number of benzene rings is 2. The van der Waals surface area contributed by atoms with Gasteiger partial charge >= 0.3 is 0 Å². The Balaban J connectivity index is 2.12. The molecule has 2 aromatic carbocycles. The smallest absolute Gasteiger partial charge is 0.247 e. The minimum atomic E-state index is -0.0655. The van der Waals surface area contributed by atoms with Crippen LogP contribution in [0.3, 0.4) is 0 Å². The van der Waals surface area contributed by atoms with E-state index in [1.165, 1.54) is 5.56 Å². The van der Waals surface area contributed by atoms with Crippen LogP contribution in [0.15, 0.2) is 61.2 Å². The monoisotopic (exact) mass is 330 g/mol. The van der Waals surface area contributed by atoms with Crippen LogP contribution in [0.5, 0.6) is 0 Å². The molecule has 2 rings (SSSR count). The number of rotatable bonds is 6. The normalized spacial score (nSPS) is 10.4. The average Bonchev–Trinajstić information content (AvgIpc) is 2.61. The van der Waals surface area contributed by atoms with Crippen molar-refractivity contribution in [2.45, 2.75) is 20.4 Å². The second-order valence-electron chi connectivity index (χ2n) is 6.01. The first-order chi connectivity index (χ1) is 12.0. The van der Waals surface area contributed by atoms with E-state index in [1.54, 1.807) is 29.2 Å². The Morgan fingerprint density at radius 3 is 2.52 bits per heavy atom. The van der Waals surface area contributed by atoms with Crippen LogP contribution in [0, 0.1) is 25.2 Å². The van der Waals surface area contributed by atoms with Crippen LogP contribution in [0.1, 0.15) is 27.8 Å². The standard InChI is InChI=1S/C22H22N2O/c1-4-13-24(16-20-8-6-19(15-23)7-9-20)22(25)12-11-21-10-5-17(2)14-18(21)3/h4-12,14H,1,13,16H2,2-3H3/b12-11+. The van der Waals surface area contributed by atoms with Crippen LogP contribution in [0.4, 0.5) is 0 Å². The van der Waals surface area contributed by atoms with Gasteiger partial charge in [-0.3, -0.25) is 4.79 Å². The first-order valence-electron chi connectivity index (χ1n) is 8.17. The number of nitrogens with zero attached hydrogens (tertiary/aromatic N) is 2. The van der Waals surface area contributed by atoms with Gasteiger partial charge < -0.3 is 4.90 Å². The Labute approximate surface area is 149 Å². The largest absolute Gasteiger partial charge is 0.331 e. The second kappa shape index (κ2) is 8.65. The summed E-state index contributed by atoms with van der Waals surface area (Å²) in [5.41, 5.74) is 4.98. The molecule has 0 unspecified atom stereocenters. The number of nitriles is 1. The van der Waals surface area contributed by atoms with E-state index in [9.17, 15) is 4.79 Å². The molecule has 3 nitrogen and oxygen atoms in total. The third kappa shape index (κ3) is 5.19. The maximum Gasteiger partial charge on any atom is 0.247 e. The minimum absolute atomic E-state index is 0.0655. The molecule has 0 radical (unpaired) electrons. The fourth-order valence-electron chi connectivity index (χ4n) is 2.57. The molecule has 0 heterocycles. The average molecular weight is 330 g/mol. The van der Waals surface area contributed by atoms with Crippen LogP contribution in [-0.2, 0) is 11.3 Å². The lowest BCUT2D eigenvalue weighted by atomic mass is 10.1. The van der Waals surface area contributed by atoms with Crippen molar-refractivity contribution >= 4 is 12.0 Å². The molecule has 3 heteroatoms. The first kappa shape index (κ1) is 18.2. The van der Waals surface area contributed by atoms with Gasteiger partial charge in [0.05, 0.1) is 11.6 Å². The Kier molecular flexibility index (Phi) is 6.31. The van der Waals surface area contributed by atoms with Gasteiger partial charge in [-0.2, -0.15) is 5.26 Å². The molecule has 0 N–H and O–H groups in total. The van der Waals surface area contributed by atoms with E-state index in [0.29, 0.717) is 18.7 Å². The summed E-state index contributed by atoms with van der Waals surface area (Å²) in [4.78, 5) is 14.3. The van der Waals surface area contributed by atoms with E-state index in [-0.39, 0.29) is 5.91 Å². The molecule has 25 heavy (non-hydrogen) atoms. The SMILES string of the molecule is C=CCN(Cc1ccc(C#N)cc1)C(=O)/C=C/c1ccc(C)cc1C. The predicted molar refractivity (Wildman–Crippen MR) is 102 cm³/mol. The van der Waals surface area contributed by atoms with Crippen LogP contribution in [-0.4, -0.2) is 17.4 Å². The van der Waals surface area contributed by atoms with Crippen molar-refractivity contribution in [3.63, 3.8) is 0 Å². The van der Waals surface area contributed by atoms with Crippen molar-refractivity contribution in [3.8, 4) is 6.07 Å². The summed E-state index contributed by atoms with van der Waals surface area (Å²) in [6, 6.07) is 15.5. The summed E-state index contributed by atoms with van der Waals surface area (Å²) in [6.45, 7) is 8.77. The van der Waals surface area contributed by atoms with Gasteiger partial charge in [0.25, 0.3) is 0 Å². The highest BCUT2D eigenvalue weighted by atomic mass is 16.2. The predicted octanol–water partition coefficient (Wildman–Crippen LogP) is 4.40. The van der Waals surface area contributed by atoms with E-state index in [2.05, 4.69) is 25.6 Å². The minimum Gasteiger partial charge on any atom is -0.331 e. The van der Waals surface area contributed by atoms with E-state index >= 15 is 0 Å². The third-order valence-electron chi connectivity index (χ3n) is 3.95. The summed E-state index contributed by atoms with van der Waals surface area (Å²) in [5.74, 6) is -0.0655. The van der Waals surface area contributed by atoms with Crippen LogP contribution in [0.25, 0.3) is 6.08 Å². The lowest BCUT2D eigenvalue weighted by Gasteiger charge is -2.19. The Hall–Kier alpha value is -3.12. The van der Waals surface area contributed by atoms with E-state index in [1.807, 2.05) is 37.3 Å². The number of carbonyl (C=O) groups is 1. The maximum absolute atomic E-state index is 12.6. The molecule has 0 spiro atoms. The van der Waals surface area contributed by atoms with Gasteiger partial charge in [0.15, 0.2) is 0 Å². The fourth-order valence-corrected chi connectivity index (χ4v) is 2.57. The molecule has 0 aliphatic carbocycles. The molecule has 1 amide bonds. The summed E-state index contributed by atoms with van der Waals surface area (Å²) in [6.07, 6.45) is 5.17. The second-order valence-corrected chi connectivity index (χ2v) is 6.01. The topological polar surface area (TPSA) is 44.1 Å². The van der Waals surface area contributed by atoms with Crippen molar-refractivity contribution in [1.82, 2.24) is 4.90 Å². The van der Waals surface area contributed by atoms with Gasteiger partial charge in [0.1, 0.15) is 0 Å². The maximum atomic E-state index is 12.6. The zero-order valence-corrected chi connectivity index (χ0v) is 14.7. The van der Waals surface area contributed by atoms with E-state index in [0.717, 1.165) is 16.7 Å². The third-order valence-corrected chi connectivity index (χ3v) is 3.95. The van der Waals surface area contributed by atoms with Crippen molar-refractivity contribution in [3.05, 3.63) is 89.0 Å². The molecule has 0 aliphatic heterocycles. The molecular formula is C22H22N2O. The highest BCUT2D eigenvalue weighted by molar-refractivity contribution is 5.92. The highest BCUT2D eigenvalue weighted by Crippen LogP contribution is 2.13. The van der Waals surface area contributed by atoms with Crippen molar-refractivity contribution in [2.75, 3.05) is 6.54 Å². The van der Waals surface area contributed by atoms with Crippen LogP contribution in [0.2, 0.25) is 0 Å².